The van der Waals surface area contributed by atoms with Crippen molar-refractivity contribution in [3.8, 4) is 0 Å². The monoisotopic (exact) mass is 170 g/mol. The van der Waals surface area contributed by atoms with E-state index in [-0.39, 0.29) is 5.92 Å². The summed E-state index contributed by atoms with van der Waals surface area (Å²) in [6, 6.07) is 0. The summed E-state index contributed by atoms with van der Waals surface area (Å²) in [7, 11) is 0. The van der Waals surface area contributed by atoms with E-state index in [0.717, 1.165) is 32.1 Å². The van der Waals surface area contributed by atoms with E-state index in [0.29, 0.717) is 0 Å². The molecule has 0 spiro atoms. The molecule has 0 aromatic rings. The van der Waals surface area contributed by atoms with Gasteiger partial charge in [0.05, 0.1) is 5.92 Å². The fourth-order valence-electron chi connectivity index (χ4n) is 1.04. The van der Waals surface area contributed by atoms with Crippen molar-refractivity contribution >= 4 is 5.97 Å². The highest BCUT2D eigenvalue weighted by Crippen LogP contribution is 2.10. The molecule has 0 saturated carbocycles. The van der Waals surface area contributed by atoms with Gasteiger partial charge in [0.15, 0.2) is 0 Å². The molecule has 0 bridgehead atoms. The maximum Gasteiger partial charge on any atom is 0.306 e. The first kappa shape index (κ1) is 11.2. The highest BCUT2D eigenvalue weighted by Gasteiger charge is 2.08. The smallest absolute Gasteiger partial charge is 0.306 e. The molecule has 0 fully saturated rings. The van der Waals surface area contributed by atoms with Crippen molar-refractivity contribution in [2.75, 3.05) is 0 Å². The van der Waals surface area contributed by atoms with Gasteiger partial charge in [0, 0.05) is 0 Å². The van der Waals surface area contributed by atoms with Gasteiger partial charge in [0.1, 0.15) is 0 Å². The minimum atomic E-state index is -0.682. The van der Waals surface area contributed by atoms with Gasteiger partial charge in [0.25, 0.3) is 0 Å². The summed E-state index contributed by atoms with van der Waals surface area (Å²) < 4.78 is 0. The van der Waals surface area contributed by atoms with Gasteiger partial charge >= 0.3 is 5.97 Å². The Morgan fingerprint density at radius 2 is 2.17 bits per heavy atom. The van der Waals surface area contributed by atoms with Crippen molar-refractivity contribution < 1.29 is 9.90 Å². The predicted molar refractivity (Wildman–Crippen MR) is 50.1 cm³/mol. The van der Waals surface area contributed by atoms with Crippen molar-refractivity contribution in [2.45, 2.75) is 39.0 Å². The van der Waals surface area contributed by atoms with Crippen LogP contribution in [0.5, 0.6) is 0 Å². The number of carbonyl (C=O) groups is 1. The maximum atomic E-state index is 10.4. The third-order valence-corrected chi connectivity index (χ3v) is 1.97. The summed E-state index contributed by atoms with van der Waals surface area (Å²) in [4.78, 5) is 10.4. The molecule has 0 aliphatic carbocycles. The topological polar surface area (TPSA) is 37.3 Å². The van der Waals surface area contributed by atoms with Gasteiger partial charge in [0.2, 0.25) is 0 Å². The molecule has 0 amide bonds. The van der Waals surface area contributed by atoms with E-state index in [4.69, 9.17) is 5.11 Å². The van der Waals surface area contributed by atoms with E-state index in [9.17, 15) is 4.79 Å². The minimum Gasteiger partial charge on any atom is -0.481 e. The molecule has 0 unspecified atom stereocenters. The van der Waals surface area contributed by atoms with Crippen molar-refractivity contribution in [3.63, 3.8) is 0 Å². The Bertz CT molecular complexity index is 141. The Labute approximate surface area is 74.3 Å². The Hall–Kier alpha value is -0.790. The molecule has 2 heteroatoms. The van der Waals surface area contributed by atoms with Crippen molar-refractivity contribution in [1.29, 1.82) is 0 Å². The number of carboxylic acids is 1. The van der Waals surface area contributed by atoms with Gasteiger partial charge in [-0.3, -0.25) is 4.79 Å². The lowest BCUT2D eigenvalue weighted by molar-refractivity contribution is -0.141. The second kappa shape index (κ2) is 6.89. The van der Waals surface area contributed by atoms with E-state index >= 15 is 0 Å². The molecule has 12 heavy (non-hydrogen) atoms. The Balaban J connectivity index is 3.19. The Kier molecular flexibility index (Phi) is 6.44. The first-order valence-electron chi connectivity index (χ1n) is 4.52. The SMILES string of the molecule is C=CCCCCC[C@H](C)C(=O)O. The van der Waals surface area contributed by atoms with Crippen LogP contribution in [0.3, 0.4) is 0 Å². The average Bonchev–Trinajstić information content (AvgIpc) is 2.03. The quantitative estimate of drug-likeness (QED) is 0.471. The van der Waals surface area contributed by atoms with Gasteiger partial charge < -0.3 is 5.11 Å². The van der Waals surface area contributed by atoms with Gasteiger partial charge in [-0.05, 0) is 19.3 Å². The lowest BCUT2D eigenvalue weighted by Crippen LogP contribution is -2.08. The first-order chi connectivity index (χ1) is 5.68. The normalized spacial score (nSPS) is 12.4. The molecule has 1 N–H and O–H groups in total. The number of hydrogen-bond donors (Lipinski definition) is 1. The molecule has 2 nitrogen and oxygen atoms in total. The van der Waals surface area contributed by atoms with Crippen LogP contribution in [0, 0.1) is 5.92 Å². The number of carboxylic acid groups (broad SMARTS) is 1. The third kappa shape index (κ3) is 5.96. The maximum absolute atomic E-state index is 10.4. The number of allylic oxidation sites excluding steroid dienone is 1. The van der Waals surface area contributed by atoms with Gasteiger partial charge in [-0.2, -0.15) is 0 Å². The van der Waals surface area contributed by atoms with Gasteiger partial charge in [-0.1, -0.05) is 25.8 Å². The lowest BCUT2D eigenvalue weighted by Gasteiger charge is -2.04. The van der Waals surface area contributed by atoms with Crippen LogP contribution in [0.15, 0.2) is 12.7 Å². The van der Waals surface area contributed by atoms with Crippen LogP contribution >= 0.6 is 0 Å². The zero-order chi connectivity index (χ0) is 9.40. The van der Waals surface area contributed by atoms with E-state index in [1.165, 1.54) is 0 Å². The molecule has 0 aliphatic rings. The van der Waals surface area contributed by atoms with Crippen molar-refractivity contribution in [1.82, 2.24) is 0 Å². The number of rotatable bonds is 7. The largest absolute Gasteiger partial charge is 0.481 e. The van der Waals surface area contributed by atoms with Crippen LogP contribution in [0.4, 0.5) is 0 Å². The predicted octanol–water partition coefficient (Wildman–Crippen LogP) is 2.84. The van der Waals surface area contributed by atoms with Crippen LogP contribution in [-0.4, -0.2) is 11.1 Å². The van der Waals surface area contributed by atoms with Crippen molar-refractivity contribution in [3.05, 3.63) is 12.7 Å². The molecule has 70 valence electrons. The summed E-state index contributed by atoms with van der Waals surface area (Å²) in [6.07, 6.45) is 7.01. The Morgan fingerprint density at radius 3 is 2.67 bits per heavy atom. The molecule has 0 heterocycles. The van der Waals surface area contributed by atoms with Gasteiger partial charge in [-0.25, -0.2) is 0 Å². The van der Waals surface area contributed by atoms with E-state index in [1.54, 1.807) is 6.92 Å². The molecule has 0 aliphatic heterocycles. The molecule has 0 rings (SSSR count). The Morgan fingerprint density at radius 1 is 1.50 bits per heavy atom. The number of unbranched alkanes of at least 4 members (excludes halogenated alkanes) is 3. The highest BCUT2D eigenvalue weighted by atomic mass is 16.4. The van der Waals surface area contributed by atoms with Crippen LogP contribution in [0.25, 0.3) is 0 Å². The summed E-state index contributed by atoms with van der Waals surface area (Å²) in [5.41, 5.74) is 0. The molecule has 0 aromatic carbocycles. The standard InChI is InChI=1S/C10H18O2/c1-3-4-5-6-7-8-9(2)10(11)12/h3,9H,1,4-8H2,2H3,(H,11,12)/t9-/m0/s1. The van der Waals surface area contributed by atoms with E-state index < -0.39 is 5.97 Å². The fourth-order valence-corrected chi connectivity index (χ4v) is 1.04. The lowest BCUT2D eigenvalue weighted by atomic mass is 10.0. The first-order valence-corrected chi connectivity index (χ1v) is 4.52. The minimum absolute atomic E-state index is 0.186. The average molecular weight is 170 g/mol. The fraction of sp³-hybridized carbons (Fsp3) is 0.700. The van der Waals surface area contributed by atoms with Crippen LogP contribution < -0.4 is 0 Å². The molecule has 0 radical (unpaired) electrons. The van der Waals surface area contributed by atoms with E-state index in [1.807, 2.05) is 6.08 Å². The third-order valence-electron chi connectivity index (χ3n) is 1.97. The molecular weight excluding hydrogens is 152 g/mol. The molecule has 1 atom stereocenters. The van der Waals surface area contributed by atoms with Crippen LogP contribution in [0.1, 0.15) is 39.0 Å². The summed E-state index contributed by atoms with van der Waals surface area (Å²) >= 11 is 0. The van der Waals surface area contributed by atoms with Crippen LogP contribution in [0.2, 0.25) is 0 Å². The molecular formula is C10H18O2. The van der Waals surface area contributed by atoms with Crippen LogP contribution in [-0.2, 0) is 4.79 Å². The highest BCUT2D eigenvalue weighted by molar-refractivity contribution is 5.69. The van der Waals surface area contributed by atoms with Crippen molar-refractivity contribution in [2.24, 2.45) is 5.92 Å². The summed E-state index contributed by atoms with van der Waals surface area (Å²) in [5, 5.41) is 8.57. The number of hydrogen-bond acceptors (Lipinski definition) is 1. The second-order valence-electron chi connectivity index (χ2n) is 3.17. The zero-order valence-electron chi connectivity index (χ0n) is 7.75. The van der Waals surface area contributed by atoms with Gasteiger partial charge in [-0.15, -0.1) is 6.58 Å². The molecule has 0 saturated heterocycles. The summed E-state index contributed by atoms with van der Waals surface area (Å²) in [6.45, 7) is 5.39. The molecule has 0 aromatic heterocycles. The number of aliphatic carboxylic acids is 1. The zero-order valence-corrected chi connectivity index (χ0v) is 7.75. The summed E-state index contributed by atoms with van der Waals surface area (Å²) in [5.74, 6) is -0.868. The van der Waals surface area contributed by atoms with E-state index in [2.05, 4.69) is 6.58 Å². The second-order valence-corrected chi connectivity index (χ2v) is 3.17.